The first-order chi connectivity index (χ1) is 15.6. The summed E-state index contributed by atoms with van der Waals surface area (Å²) < 4.78 is 11.2. The molecule has 32 heavy (non-hydrogen) atoms. The topological polar surface area (TPSA) is 54.8 Å². The van der Waals surface area contributed by atoms with Gasteiger partial charge in [-0.2, -0.15) is 0 Å². The van der Waals surface area contributed by atoms with Crippen molar-refractivity contribution in [2.45, 2.75) is 12.8 Å². The monoisotopic (exact) mass is 432 g/mol. The van der Waals surface area contributed by atoms with Crippen molar-refractivity contribution >= 4 is 11.1 Å². The van der Waals surface area contributed by atoms with E-state index in [1.165, 1.54) is 5.57 Å². The zero-order valence-corrected chi connectivity index (χ0v) is 19.1. The van der Waals surface area contributed by atoms with Crippen LogP contribution in [0.1, 0.15) is 29.5 Å². The highest BCUT2D eigenvalue weighted by Crippen LogP contribution is 2.36. The fourth-order valence-electron chi connectivity index (χ4n) is 3.56. The van der Waals surface area contributed by atoms with Crippen molar-refractivity contribution < 1.29 is 14.6 Å². The number of aromatic nitrogens is 1. The maximum absolute atomic E-state index is 9.83. The molecule has 0 aliphatic carbocycles. The van der Waals surface area contributed by atoms with E-state index in [4.69, 9.17) is 9.47 Å². The Morgan fingerprint density at radius 1 is 0.906 bits per heavy atom. The minimum Gasteiger partial charge on any atom is -0.508 e. The van der Waals surface area contributed by atoms with Crippen LogP contribution in [0.5, 0.6) is 11.5 Å². The standard InChI is InChI=1S/C27H32N2O3/c1-29(2)17-19-32-25-14-10-22(11-15-25)27(21-8-12-24(30)13-9-21)26(7-5-18-31-3)23-6-4-16-28-20-23/h4,6,8-16,20,30H,5,7,17-19H2,1-3H3/b27-26+. The van der Waals surface area contributed by atoms with Gasteiger partial charge < -0.3 is 19.5 Å². The van der Waals surface area contributed by atoms with Gasteiger partial charge in [0.05, 0.1) is 0 Å². The van der Waals surface area contributed by atoms with Gasteiger partial charge >= 0.3 is 0 Å². The van der Waals surface area contributed by atoms with E-state index in [0.717, 1.165) is 47.4 Å². The number of methoxy groups -OCH3 is 1. The highest BCUT2D eigenvalue weighted by molar-refractivity contribution is 5.98. The van der Waals surface area contributed by atoms with Gasteiger partial charge in [0.2, 0.25) is 0 Å². The van der Waals surface area contributed by atoms with Gasteiger partial charge in [-0.1, -0.05) is 30.3 Å². The molecule has 0 radical (unpaired) electrons. The maximum atomic E-state index is 9.83. The lowest BCUT2D eigenvalue weighted by Gasteiger charge is -2.18. The molecular formula is C27H32N2O3. The number of pyridine rings is 1. The molecular weight excluding hydrogens is 400 g/mol. The summed E-state index contributed by atoms with van der Waals surface area (Å²) in [4.78, 5) is 6.45. The van der Waals surface area contributed by atoms with E-state index in [1.807, 2.05) is 50.6 Å². The zero-order chi connectivity index (χ0) is 22.8. The summed E-state index contributed by atoms with van der Waals surface area (Å²) in [6.45, 7) is 2.20. The summed E-state index contributed by atoms with van der Waals surface area (Å²) in [5.41, 5.74) is 5.53. The third-order valence-electron chi connectivity index (χ3n) is 5.19. The number of ether oxygens (including phenoxy) is 2. The predicted octanol–water partition coefficient (Wildman–Crippen LogP) is 5.11. The summed E-state index contributed by atoms with van der Waals surface area (Å²) in [5.74, 6) is 1.10. The number of phenols is 1. The second-order valence-electron chi connectivity index (χ2n) is 7.91. The smallest absolute Gasteiger partial charge is 0.119 e. The molecule has 3 aromatic rings. The highest BCUT2D eigenvalue weighted by Gasteiger charge is 2.15. The number of phenolic OH excluding ortho intramolecular Hbond substituents is 1. The average molecular weight is 433 g/mol. The first kappa shape index (κ1) is 23.5. The van der Waals surface area contributed by atoms with E-state index in [2.05, 4.69) is 28.1 Å². The van der Waals surface area contributed by atoms with E-state index in [0.29, 0.717) is 13.2 Å². The number of likely N-dealkylation sites (N-methyl/N-ethyl adjacent to an activating group) is 1. The van der Waals surface area contributed by atoms with Gasteiger partial charge in [-0.25, -0.2) is 0 Å². The average Bonchev–Trinajstić information content (AvgIpc) is 2.81. The van der Waals surface area contributed by atoms with Gasteiger partial charge in [-0.3, -0.25) is 4.98 Å². The van der Waals surface area contributed by atoms with Crippen LogP contribution in [0, 0.1) is 0 Å². The molecule has 3 rings (SSSR count). The van der Waals surface area contributed by atoms with E-state index in [9.17, 15) is 5.11 Å². The molecule has 0 unspecified atom stereocenters. The Labute approximate surface area is 191 Å². The summed E-state index contributed by atoms with van der Waals surface area (Å²) in [6, 6.07) is 19.6. The normalized spacial score (nSPS) is 12.0. The predicted molar refractivity (Wildman–Crippen MR) is 130 cm³/mol. The lowest BCUT2D eigenvalue weighted by atomic mass is 9.88. The fourth-order valence-corrected chi connectivity index (χ4v) is 3.56. The van der Waals surface area contributed by atoms with Crippen LogP contribution < -0.4 is 4.74 Å². The second kappa shape index (κ2) is 12.0. The molecule has 5 nitrogen and oxygen atoms in total. The van der Waals surface area contributed by atoms with E-state index < -0.39 is 0 Å². The SMILES string of the molecule is COCCC/C(=C(/c1ccc(O)cc1)c1ccc(OCCN(C)C)cc1)c1cccnc1. The minimum atomic E-state index is 0.250. The number of aromatic hydroxyl groups is 1. The Hall–Kier alpha value is -3.15. The van der Waals surface area contributed by atoms with Gasteiger partial charge in [-0.05, 0) is 85.1 Å². The number of benzene rings is 2. The number of hydrogen-bond donors (Lipinski definition) is 1. The molecule has 0 amide bonds. The quantitative estimate of drug-likeness (QED) is 0.427. The Kier molecular flexibility index (Phi) is 8.84. The first-order valence-electron chi connectivity index (χ1n) is 10.9. The molecule has 1 heterocycles. The van der Waals surface area contributed by atoms with Crippen LogP contribution in [0.2, 0.25) is 0 Å². The maximum Gasteiger partial charge on any atom is 0.119 e. The van der Waals surface area contributed by atoms with Crippen LogP contribution in [0.15, 0.2) is 73.1 Å². The van der Waals surface area contributed by atoms with Gasteiger partial charge in [-0.15, -0.1) is 0 Å². The van der Waals surface area contributed by atoms with Crippen LogP contribution in [0.25, 0.3) is 11.1 Å². The zero-order valence-electron chi connectivity index (χ0n) is 19.1. The number of rotatable bonds is 11. The highest BCUT2D eigenvalue weighted by atomic mass is 16.5. The van der Waals surface area contributed by atoms with E-state index in [-0.39, 0.29) is 5.75 Å². The van der Waals surface area contributed by atoms with Crippen LogP contribution >= 0.6 is 0 Å². The fraction of sp³-hybridized carbons (Fsp3) is 0.296. The van der Waals surface area contributed by atoms with Crippen molar-refractivity contribution in [3.05, 3.63) is 89.7 Å². The van der Waals surface area contributed by atoms with Crippen molar-refractivity contribution in [2.24, 2.45) is 0 Å². The lowest BCUT2D eigenvalue weighted by Crippen LogP contribution is -2.19. The van der Waals surface area contributed by atoms with Gasteiger partial charge in [0, 0.05) is 32.7 Å². The lowest BCUT2D eigenvalue weighted by molar-refractivity contribution is 0.196. The molecule has 2 aromatic carbocycles. The summed E-state index contributed by atoms with van der Waals surface area (Å²) in [6.07, 6.45) is 5.43. The van der Waals surface area contributed by atoms with Crippen LogP contribution in [-0.4, -0.2) is 56.0 Å². The minimum absolute atomic E-state index is 0.250. The third-order valence-corrected chi connectivity index (χ3v) is 5.19. The molecule has 1 aromatic heterocycles. The summed E-state index contributed by atoms with van der Waals surface area (Å²) >= 11 is 0. The summed E-state index contributed by atoms with van der Waals surface area (Å²) in [7, 11) is 5.79. The Morgan fingerprint density at radius 3 is 2.19 bits per heavy atom. The molecule has 0 aliphatic rings. The van der Waals surface area contributed by atoms with Crippen molar-refractivity contribution in [3.8, 4) is 11.5 Å². The molecule has 168 valence electrons. The number of nitrogens with zero attached hydrogens (tertiary/aromatic N) is 2. The van der Waals surface area contributed by atoms with Crippen molar-refractivity contribution in [2.75, 3.05) is 41.0 Å². The van der Waals surface area contributed by atoms with Crippen molar-refractivity contribution in [3.63, 3.8) is 0 Å². The van der Waals surface area contributed by atoms with Crippen molar-refractivity contribution in [1.29, 1.82) is 0 Å². The van der Waals surface area contributed by atoms with Crippen LogP contribution in [0.3, 0.4) is 0 Å². The Morgan fingerprint density at radius 2 is 1.59 bits per heavy atom. The Bertz CT molecular complexity index is 982. The first-order valence-corrected chi connectivity index (χ1v) is 10.9. The molecule has 0 fully saturated rings. The van der Waals surface area contributed by atoms with E-state index in [1.54, 1.807) is 25.4 Å². The van der Waals surface area contributed by atoms with E-state index >= 15 is 0 Å². The van der Waals surface area contributed by atoms with Crippen LogP contribution in [-0.2, 0) is 4.74 Å². The molecule has 0 saturated heterocycles. The van der Waals surface area contributed by atoms with Gasteiger partial charge in [0.1, 0.15) is 18.1 Å². The molecule has 0 atom stereocenters. The molecule has 0 aliphatic heterocycles. The summed E-state index contributed by atoms with van der Waals surface area (Å²) in [5, 5.41) is 9.83. The molecule has 0 saturated carbocycles. The Balaban J connectivity index is 2.04. The molecule has 1 N–H and O–H groups in total. The number of allylic oxidation sites excluding steroid dienone is 1. The van der Waals surface area contributed by atoms with Gasteiger partial charge in [0.25, 0.3) is 0 Å². The molecule has 0 spiro atoms. The van der Waals surface area contributed by atoms with Gasteiger partial charge in [0.15, 0.2) is 0 Å². The largest absolute Gasteiger partial charge is 0.508 e. The number of hydrogen-bond acceptors (Lipinski definition) is 5. The molecule has 5 heteroatoms. The van der Waals surface area contributed by atoms with Crippen LogP contribution in [0.4, 0.5) is 0 Å². The third kappa shape index (κ3) is 6.67. The van der Waals surface area contributed by atoms with Crippen molar-refractivity contribution in [1.82, 2.24) is 9.88 Å². The molecule has 0 bridgehead atoms. The second-order valence-corrected chi connectivity index (χ2v) is 7.91.